The Kier molecular flexibility index (Phi) is 6.54. The summed E-state index contributed by atoms with van der Waals surface area (Å²) in [5.41, 5.74) is 3.03. The van der Waals surface area contributed by atoms with E-state index in [9.17, 15) is 4.79 Å². The number of hydrogen-bond donors (Lipinski definition) is 0. The first-order valence-electron chi connectivity index (χ1n) is 9.42. The molecular formula is C23H25N3O2S. The quantitative estimate of drug-likeness (QED) is 0.390. The van der Waals surface area contributed by atoms with E-state index in [1.807, 2.05) is 42.5 Å². The third kappa shape index (κ3) is 5.35. The maximum absolute atomic E-state index is 12.7. The highest BCUT2D eigenvalue weighted by molar-refractivity contribution is 7.99. The summed E-state index contributed by atoms with van der Waals surface area (Å²) in [6.07, 6.45) is 1.71. The zero-order valence-electron chi connectivity index (χ0n) is 17.0. The molecule has 0 atom stereocenters. The molecule has 0 bridgehead atoms. The van der Waals surface area contributed by atoms with Gasteiger partial charge in [0, 0.05) is 17.8 Å². The topological polar surface area (TPSA) is 59.2 Å². The highest BCUT2D eigenvalue weighted by Gasteiger charge is 2.18. The average molecular weight is 408 g/mol. The van der Waals surface area contributed by atoms with Crippen LogP contribution in [-0.2, 0) is 10.2 Å². The van der Waals surface area contributed by atoms with Crippen LogP contribution in [-0.4, -0.2) is 28.4 Å². The number of benzene rings is 2. The Morgan fingerprint density at radius 2 is 1.79 bits per heavy atom. The van der Waals surface area contributed by atoms with Crippen LogP contribution in [0.25, 0.3) is 11.5 Å². The van der Waals surface area contributed by atoms with E-state index in [1.54, 1.807) is 11.0 Å². The third-order valence-corrected chi connectivity index (χ3v) is 5.21. The van der Waals surface area contributed by atoms with Crippen molar-refractivity contribution in [2.45, 2.75) is 31.4 Å². The van der Waals surface area contributed by atoms with Gasteiger partial charge in [-0.2, -0.15) is 0 Å². The average Bonchev–Trinajstić information content (AvgIpc) is 3.19. The standard InChI is InChI=1S/C23H25N3O2S/c1-5-15-26(19-9-7-6-8-10-19)20(27)16-29-22-25-24-21(28-22)17-11-13-18(14-12-17)23(2,3)4/h5-14H,1,15-16H2,2-4H3. The number of anilines is 1. The second-order valence-corrected chi connectivity index (χ2v) is 8.54. The van der Waals surface area contributed by atoms with Crippen LogP contribution in [0.2, 0.25) is 0 Å². The van der Waals surface area contributed by atoms with Gasteiger partial charge in [0.15, 0.2) is 0 Å². The summed E-state index contributed by atoms with van der Waals surface area (Å²) >= 11 is 1.23. The van der Waals surface area contributed by atoms with Crippen molar-refractivity contribution in [3.63, 3.8) is 0 Å². The molecule has 6 heteroatoms. The van der Waals surface area contributed by atoms with Gasteiger partial charge in [0.2, 0.25) is 11.8 Å². The summed E-state index contributed by atoms with van der Waals surface area (Å²) in [5.74, 6) is 0.606. The lowest BCUT2D eigenvalue weighted by Crippen LogP contribution is -2.32. The zero-order valence-corrected chi connectivity index (χ0v) is 17.8. The maximum atomic E-state index is 12.7. The fraction of sp³-hybridized carbons (Fsp3) is 0.261. The fourth-order valence-electron chi connectivity index (χ4n) is 2.79. The predicted octanol–water partition coefficient (Wildman–Crippen LogP) is 5.35. The molecule has 1 amide bonds. The van der Waals surface area contributed by atoms with Gasteiger partial charge in [0.25, 0.3) is 5.22 Å². The first-order chi connectivity index (χ1) is 13.9. The molecule has 1 aromatic heterocycles. The summed E-state index contributed by atoms with van der Waals surface area (Å²) in [7, 11) is 0. The number of carbonyl (C=O) groups excluding carboxylic acids is 1. The van der Waals surface area contributed by atoms with Crippen LogP contribution in [0.5, 0.6) is 0 Å². The van der Waals surface area contributed by atoms with E-state index >= 15 is 0 Å². The Balaban J connectivity index is 1.65. The van der Waals surface area contributed by atoms with Gasteiger partial charge in [-0.1, -0.05) is 68.9 Å². The molecular weight excluding hydrogens is 382 g/mol. The number of amides is 1. The molecule has 3 aromatic rings. The molecule has 0 radical (unpaired) electrons. The molecule has 5 nitrogen and oxygen atoms in total. The SMILES string of the molecule is C=CCN(C(=O)CSc1nnc(-c2ccc(C(C)(C)C)cc2)o1)c1ccccc1. The first-order valence-corrected chi connectivity index (χ1v) is 10.4. The van der Waals surface area contributed by atoms with Crippen molar-refractivity contribution in [3.8, 4) is 11.5 Å². The Morgan fingerprint density at radius 3 is 2.41 bits per heavy atom. The normalized spacial score (nSPS) is 11.3. The lowest BCUT2D eigenvalue weighted by Gasteiger charge is -2.20. The van der Waals surface area contributed by atoms with Crippen molar-refractivity contribution >= 4 is 23.4 Å². The van der Waals surface area contributed by atoms with E-state index in [0.29, 0.717) is 17.7 Å². The van der Waals surface area contributed by atoms with Crippen molar-refractivity contribution in [2.75, 3.05) is 17.2 Å². The van der Waals surface area contributed by atoms with Crippen LogP contribution in [0, 0.1) is 0 Å². The van der Waals surface area contributed by atoms with E-state index < -0.39 is 0 Å². The number of rotatable bonds is 7. The van der Waals surface area contributed by atoms with Gasteiger partial charge in [0.05, 0.1) is 5.75 Å². The summed E-state index contributed by atoms with van der Waals surface area (Å²) in [6, 6.07) is 17.6. The molecule has 0 aliphatic heterocycles. The van der Waals surface area contributed by atoms with Crippen LogP contribution < -0.4 is 4.90 Å². The molecule has 0 spiro atoms. The van der Waals surface area contributed by atoms with E-state index in [0.717, 1.165) is 11.3 Å². The van der Waals surface area contributed by atoms with Crippen LogP contribution in [0.4, 0.5) is 5.69 Å². The smallest absolute Gasteiger partial charge is 0.277 e. The Labute approximate surface area is 175 Å². The van der Waals surface area contributed by atoms with Crippen molar-refractivity contribution in [3.05, 3.63) is 72.8 Å². The minimum Gasteiger partial charge on any atom is -0.411 e. The molecule has 3 rings (SSSR count). The summed E-state index contributed by atoms with van der Waals surface area (Å²) in [6.45, 7) is 10.7. The minimum atomic E-state index is -0.0459. The number of nitrogens with zero attached hydrogens (tertiary/aromatic N) is 3. The largest absolute Gasteiger partial charge is 0.411 e. The van der Waals surface area contributed by atoms with Crippen molar-refractivity contribution < 1.29 is 9.21 Å². The summed E-state index contributed by atoms with van der Waals surface area (Å²) in [4.78, 5) is 14.4. The Bertz CT molecular complexity index is 960. The molecule has 0 fully saturated rings. The highest BCUT2D eigenvalue weighted by atomic mass is 32.2. The summed E-state index contributed by atoms with van der Waals surface area (Å²) in [5, 5.41) is 8.56. The lowest BCUT2D eigenvalue weighted by molar-refractivity contribution is -0.116. The van der Waals surface area contributed by atoms with Crippen LogP contribution >= 0.6 is 11.8 Å². The van der Waals surface area contributed by atoms with Gasteiger partial charge >= 0.3 is 0 Å². The molecule has 0 aliphatic rings. The first kappa shape index (κ1) is 20.9. The van der Waals surface area contributed by atoms with Gasteiger partial charge < -0.3 is 9.32 Å². The molecule has 2 aromatic carbocycles. The Hall–Kier alpha value is -2.86. The number of hydrogen-bond acceptors (Lipinski definition) is 5. The number of para-hydroxylation sites is 1. The highest BCUT2D eigenvalue weighted by Crippen LogP contribution is 2.27. The minimum absolute atomic E-state index is 0.0459. The molecule has 150 valence electrons. The van der Waals surface area contributed by atoms with Crippen molar-refractivity contribution in [1.29, 1.82) is 0 Å². The molecule has 0 N–H and O–H groups in total. The molecule has 0 aliphatic carbocycles. The van der Waals surface area contributed by atoms with Gasteiger partial charge in [-0.3, -0.25) is 4.79 Å². The third-order valence-electron chi connectivity index (χ3n) is 4.40. The van der Waals surface area contributed by atoms with Gasteiger partial charge in [-0.25, -0.2) is 0 Å². The Morgan fingerprint density at radius 1 is 1.10 bits per heavy atom. The molecule has 29 heavy (non-hydrogen) atoms. The monoisotopic (exact) mass is 407 g/mol. The number of aromatic nitrogens is 2. The van der Waals surface area contributed by atoms with E-state index in [1.165, 1.54) is 17.3 Å². The molecule has 0 saturated heterocycles. The van der Waals surface area contributed by atoms with Crippen LogP contribution in [0.3, 0.4) is 0 Å². The van der Waals surface area contributed by atoms with Crippen LogP contribution in [0.1, 0.15) is 26.3 Å². The van der Waals surface area contributed by atoms with Gasteiger partial charge in [0.1, 0.15) is 0 Å². The second kappa shape index (κ2) is 9.09. The fourth-order valence-corrected chi connectivity index (χ4v) is 3.43. The molecule has 1 heterocycles. The lowest BCUT2D eigenvalue weighted by atomic mass is 9.87. The molecule has 0 unspecified atom stereocenters. The number of thioether (sulfide) groups is 1. The van der Waals surface area contributed by atoms with E-state index in [2.05, 4.69) is 49.7 Å². The van der Waals surface area contributed by atoms with Crippen molar-refractivity contribution in [1.82, 2.24) is 10.2 Å². The van der Waals surface area contributed by atoms with Crippen LogP contribution in [0.15, 0.2) is 76.9 Å². The maximum Gasteiger partial charge on any atom is 0.277 e. The predicted molar refractivity (Wildman–Crippen MR) is 118 cm³/mol. The van der Waals surface area contributed by atoms with E-state index in [4.69, 9.17) is 4.42 Å². The van der Waals surface area contributed by atoms with Gasteiger partial charge in [-0.05, 0) is 35.2 Å². The van der Waals surface area contributed by atoms with E-state index in [-0.39, 0.29) is 17.1 Å². The molecule has 0 saturated carbocycles. The second-order valence-electron chi connectivity index (χ2n) is 7.62. The summed E-state index contributed by atoms with van der Waals surface area (Å²) < 4.78 is 5.74. The van der Waals surface area contributed by atoms with Gasteiger partial charge in [-0.15, -0.1) is 16.8 Å². The van der Waals surface area contributed by atoms with Crippen molar-refractivity contribution in [2.24, 2.45) is 0 Å². The number of carbonyl (C=O) groups is 1. The zero-order chi connectivity index (χ0) is 20.9.